The van der Waals surface area contributed by atoms with E-state index in [2.05, 4.69) is 22.3 Å². The maximum Gasteiger partial charge on any atom is 0.0619 e. The molecule has 1 aliphatic rings. The highest BCUT2D eigenvalue weighted by atomic mass is 35.5. The molecule has 0 aromatic heterocycles. The van der Waals surface area contributed by atoms with Gasteiger partial charge in [-0.1, -0.05) is 23.7 Å². The Morgan fingerprint density at radius 3 is 2.44 bits per heavy atom. The molecular formula is C13H18ClN2. The van der Waals surface area contributed by atoms with Crippen LogP contribution in [0.15, 0.2) is 24.3 Å². The molecule has 2 nitrogen and oxygen atoms in total. The third-order valence-electron chi connectivity index (χ3n) is 3.20. The maximum absolute atomic E-state index is 5.89. The summed E-state index contributed by atoms with van der Waals surface area (Å²) in [4.78, 5) is 2.49. The average molecular weight is 238 g/mol. The summed E-state index contributed by atoms with van der Waals surface area (Å²) < 4.78 is 0. The summed E-state index contributed by atoms with van der Waals surface area (Å²) in [5.41, 5.74) is 1.26. The van der Waals surface area contributed by atoms with Gasteiger partial charge in [0.15, 0.2) is 0 Å². The lowest BCUT2D eigenvalue weighted by atomic mass is 10.1. The number of halogens is 1. The Bertz CT molecular complexity index is 317. The maximum atomic E-state index is 5.89. The molecule has 1 atom stereocenters. The molecule has 1 radical (unpaired) electrons. The van der Waals surface area contributed by atoms with E-state index in [9.17, 15) is 0 Å². The van der Waals surface area contributed by atoms with Crippen molar-refractivity contribution in [3.63, 3.8) is 0 Å². The Labute approximate surface area is 103 Å². The number of likely N-dealkylation sites (tertiary alicyclic amines) is 1. The third kappa shape index (κ3) is 2.97. The second-order valence-corrected chi connectivity index (χ2v) is 4.77. The fourth-order valence-corrected chi connectivity index (χ4v) is 2.36. The molecule has 16 heavy (non-hydrogen) atoms. The molecular weight excluding hydrogens is 220 g/mol. The van der Waals surface area contributed by atoms with Gasteiger partial charge in [0, 0.05) is 18.6 Å². The first-order valence-corrected chi connectivity index (χ1v) is 6.24. The van der Waals surface area contributed by atoms with Crippen LogP contribution in [-0.2, 0) is 0 Å². The van der Waals surface area contributed by atoms with Crippen LogP contribution in [-0.4, -0.2) is 31.6 Å². The molecule has 3 heteroatoms. The van der Waals surface area contributed by atoms with E-state index in [0.717, 1.165) is 11.6 Å². The number of benzene rings is 1. The Morgan fingerprint density at radius 2 is 1.88 bits per heavy atom. The third-order valence-corrected chi connectivity index (χ3v) is 3.45. The fraction of sp³-hybridized carbons (Fsp3) is 0.538. The Hall–Kier alpha value is -0.570. The summed E-state index contributed by atoms with van der Waals surface area (Å²) in [7, 11) is 1.90. The molecule has 0 saturated carbocycles. The minimum absolute atomic E-state index is 0.287. The van der Waals surface area contributed by atoms with Crippen molar-refractivity contribution >= 4 is 11.6 Å². The SMILES string of the molecule is C[N]C(CN1CCCC1)c1ccc(Cl)cc1. The van der Waals surface area contributed by atoms with E-state index in [1.54, 1.807) is 0 Å². The zero-order valence-electron chi connectivity index (χ0n) is 9.69. The van der Waals surface area contributed by atoms with Gasteiger partial charge in [-0.3, -0.25) is 0 Å². The molecule has 0 bridgehead atoms. The first kappa shape index (κ1) is 11.9. The highest BCUT2D eigenvalue weighted by Gasteiger charge is 2.18. The molecule has 1 aliphatic heterocycles. The monoisotopic (exact) mass is 237 g/mol. The predicted octanol–water partition coefficient (Wildman–Crippen LogP) is 2.71. The van der Waals surface area contributed by atoms with Crippen LogP contribution in [0.4, 0.5) is 0 Å². The van der Waals surface area contributed by atoms with Crippen LogP contribution >= 0.6 is 11.6 Å². The zero-order valence-corrected chi connectivity index (χ0v) is 10.5. The quantitative estimate of drug-likeness (QED) is 0.787. The molecule has 0 amide bonds. The van der Waals surface area contributed by atoms with E-state index in [4.69, 9.17) is 11.6 Å². The normalized spacial score (nSPS) is 18.9. The van der Waals surface area contributed by atoms with Gasteiger partial charge in [-0.05, 0) is 43.6 Å². The number of hydrogen-bond donors (Lipinski definition) is 0. The van der Waals surface area contributed by atoms with Gasteiger partial charge in [0.1, 0.15) is 0 Å². The molecule has 1 heterocycles. The number of hydrogen-bond acceptors (Lipinski definition) is 1. The lowest BCUT2D eigenvalue weighted by molar-refractivity contribution is 0.297. The molecule has 1 fully saturated rings. The number of nitrogens with zero attached hydrogens (tertiary/aromatic N) is 2. The molecule has 2 rings (SSSR count). The fourth-order valence-electron chi connectivity index (χ4n) is 2.23. The number of rotatable bonds is 4. The zero-order chi connectivity index (χ0) is 11.4. The Morgan fingerprint density at radius 1 is 1.25 bits per heavy atom. The second kappa shape index (κ2) is 5.67. The lowest BCUT2D eigenvalue weighted by Gasteiger charge is -2.22. The smallest absolute Gasteiger partial charge is 0.0619 e. The molecule has 1 saturated heterocycles. The average Bonchev–Trinajstić information content (AvgIpc) is 2.80. The van der Waals surface area contributed by atoms with Gasteiger partial charge in [-0.2, -0.15) is 0 Å². The van der Waals surface area contributed by atoms with Gasteiger partial charge in [-0.25, -0.2) is 5.32 Å². The molecule has 1 aromatic rings. The van der Waals surface area contributed by atoms with Crippen LogP contribution < -0.4 is 5.32 Å². The van der Waals surface area contributed by atoms with E-state index >= 15 is 0 Å². The largest absolute Gasteiger partial charge is 0.301 e. The van der Waals surface area contributed by atoms with Gasteiger partial charge in [0.2, 0.25) is 0 Å². The summed E-state index contributed by atoms with van der Waals surface area (Å²) in [5.74, 6) is 0. The van der Waals surface area contributed by atoms with Crippen molar-refractivity contribution in [3.05, 3.63) is 34.9 Å². The van der Waals surface area contributed by atoms with Crippen LogP contribution in [0, 0.1) is 0 Å². The molecule has 1 unspecified atom stereocenters. The molecule has 1 aromatic carbocycles. The van der Waals surface area contributed by atoms with E-state index in [1.807, 2.05) is 19.2 Å². The van der Waals surface area contributed by atoms with Crippen molar-refractivity contribution < 1.29 is 0 Å². The molecule has 87 valence electrons. The lowest BCUT2D eigenvalue weighted by Crippen LogP contribution is -2.29. The molecule has 0 N–H and O–H groups in total. The van der Waals surface area contributed by atoms with Crippen LogP contribution in [0.3, 0.4) is 0 Å². The van der Waals surface area contributed by atoms with E-state index in [1.165, 1.54) is 31.5 Å². The van der Waals surface area contributed by atoms with Crippen LogP contribution in [0.1, 0.15) is 24.4 Å². The van der Waals surface area contributed by atoms with Crippen molar-refractivity contribution in [2.45, 2.75) is 18.9 Å². The van der Waals surface area contributed by atoms with E-state index in [0.29, 0.717) is 0 Å². The Balaban J connectivity index is 2.00. The highest BCUT2D eigenvalue weighted by molar-refractivity contribution is 6.30. The van der Waals surface area contributed by atoms with Crippen LogP contribution in [0.25, 0.3) is 0 Å². The van der Waals surface area contributed by atoms with Crippen molar-refractivity contribution in [2.24, 2.45) is 0 Å². The Kier molecular flexibility index (Phi) is 4.22. The molecule has 0 aliphatic carbocycles. The van der Waals surface area contributed by atoms with Gasteiger partial charge in [0.25, 0.3) is 0 Å². The molecule has 0 spiro atoms. The van der Waals surface area contributed by atoms with E-state index < -0.39 is 0 Å². The van der Waals surface area contributed by atoms with Gasteiger partial charge >= 0.3 is 0 Å². The van der Waals surface area contributed by atoms with Crippen molar-refractivity contribution in [3.8, 4) is 0 Å². The van der Waals surface area contributed by atoms with Crippen molar-refractivity contribution in [1.82, 2.24) is 10.2 Å². The van der Waals surface area contributed by atoms with Crippen molar-refractivity contribution in [2.75, 3.05) is 26.7 Å². The summed E-state index contributed by atoms with van der Waals surface area (Å²) in [6.45, 7) is 3.48. The topological polar surface area (TPSA) is 17.3 Å². The first-order chi connectivity index (χ1) is 7.79. The standard InChI is InChI=1S/C13H18ClN2/c1-15-13(10-16-8-2-3-9-16)11-4-6-12(14)7-5-11/h4-7,13H,2-3,8-10H2,1H3. The summed E-state index contributed by atoms with van der Waals surface area (Å²) in [5, 5.41) is 5.26. The highest BCUT2D eigenvalue weighted by Crippen LogP contribution is 2.20. The first-order valence-electron chi connectivity index (χ1n) is 5.86. The summed E-state index contributed by atoms with van der Waals surface area (Å²) >= 11 is 5.89. The predicted molar refractivity (Wildman–Crippen MR) is 67.9 cm³/mol. The van der Waals surface area contributed by atoms with Gasteiger partial charge in [-0.15, -0.1) is 0 Å². The van der Waals surface area contributed by atoms with Crippen LogP contribution in [0.5, 0.6) is 0 Å². The van der Waals surface area contributed by atoms with E-state index in [-0.39, 0.29) is 6.04 Å². The van der Waals surface area contributed by atoms with Crippen LogP contribution in [0.2, 0.25) is 5.02 Å². The summed E-state index contributed by atoms with van der Waals surface area (Å²) in [6.07, 6.45) is 2.66. The van der Waals surface area contributed by atoms with Gasteiger partial charge < -0.3 is 4.90 Å². The minimum Gasteiger partial charge on any atom is -0.301 e. The van der Waals surface area contributed by atoms with Gasteiger partial charge in [0.05, 0.1) is 6.04 Å². The number of likely N-dealkylation sites (N-methyl/N-ethyl adjacent to an activating group) is 1. The van der Waals surface area contributed by atoms with Crippen molar-refractivity contribution in [1.29, 1.82) is 0 Å². The minimum atomic E-state index is 0.287. The second-order valence-electron chi connectivity index (χ2n) is 4.33. The summed E-state index contributed by atoms with van der Waals surface area (Å²) in [6, 6.07) is 8.33.